The van der Waals surface area contributed by atoms with Crippen LogP contribution in [0.1, 0.15) is 37.9 Å². The van der Waals surface area contributed by atoms with Crippen LogP contribution in [-0.4, -0.2) is 29.7 Å². The third kappa shape index (κ3) is 5.04. The van der Waals surface area contributed by atoms with Gasteiger partial charge >= 0.3 is 5.97 Å². The molecule has 0 heterocycles. The molecule has 1 amide bonds. The maximum absolute atomic E-state index is 12.1. The highest BCUT2D eigenvalue weighted by Gasteiger charge is 2.28. The smallest absolute Gasteiger partial charge is 0.328 e. The quantitative estimate of drug-likeness (QED) is 0.789. The number of amides is 1. The number of carbonyl (C=O) groups is 2. The van der Waals surface area contributed by atoms with Crippen LogP contribution in [-0.2, 0) is 14.3 Å². The van der Waals surface area contributed by atoms with E-state index in [1.165, 1.54) is 13.2 Å². The number of benzene rings is 1. The van der Waals surface area contributed by atoms with E-state index in [0.717, 1.165) is 17.2 Å². The van der Waals surface area contributed by atoms with Crippen molar-refractivity contribution in [1.82, 2.24) is 5.32 Å². The van der Waals surface area contributed by atoms with Gasteiger partial charge in [-0.2, -0.15) is 0 Å². The van der Waals surface area contributed by atoms with E-state index in [1.54, 1.807) is 19.9 Å². The molecule has 5 nitrogen and oxygen atoms in total. The summed E-state index contributed by atoms with van der Waals surface area (Å²) < 4.78 is 5.14. The Labute approximate surface area is 124 Å². The number of carboxylic acid groups (broad SMARTS) is 1. The summed E-state index contributed by atoms with van der Waals surface area (Å²) in [6.45, 7) is 5.26. The van der Waals surface area contributed by atoms with Crippen LogP contribution in [0.3, 0.4) is 0 Å². The lowest BCUT2D eigenvalue weighted by atomic mass is 10.0. The SMILES string of the molecule is COC(C)(C)C(=O)NC(C)c1cccc(/C=C/C(=O)O)c1. The van der Waals surface area contributed by atoms with Crippen LogP contribution in [0.25, 0.3) is 6.08 Å². The molecule has 0 aromatic heterocycles. The minimum atomic E-state index is -0.997. The second kappa shape index (κ2) is 7.04. The highest BCUT2D eigenvalue weighted by molar-refractivity contribution is 5.85. The monoisotopic (exact) mass is 291 g/mol. The Morgan fingerprint density at radius 3 is 2.62 bits per heavy atom. The van der Waals surface area contributed by atoms with E-state index in [-0.39, 0.29) is 11.9 Å². The third-order valence-corrected chi connectivity index (χ3v) is 3.23. The lowest BCUT2D eigenvalue weighted by Crippen LogP contribution is -2.44. The van der Waals surface area contributed by atoms with E-state index in [4.69, 9.17) is 9.84 Å². The van der Waals surface area contributed by atoms with Gasteiger partial charge in [0, 0.05) is 13.2 Å². The lowest BCUT2D eigenvalue weighted by molar-refractivity contribution is -0.140. The fourth-order valence-corrected chi connectivity index (χ4v) is 1.65. The normalized spacial score (nSPS) is 13.1. The van der Waals surface area contributed by atoms with Crippen LogP contribution in [0.15, 0.2) is 30.3 Å². The van der Waals surface area contributed by atoms with Crippen LogP contribution >= 0.6 is 0 Å². The van der Waals surface area contributed by atoms with Crippen LogP contribution in [0.5, 0.6) is 0 Å². The molecular formula is C16H21NO4. The molecule has 1 aromatic carbocycles. The first-order valence-electron chi connectivity index (χ1n) is 6.63. The summed E-state index contributed by atoms with van der Waals surface area (Å²) in [6, 6.07) is 7.13. The number of nitrogens with one attached hydrogen (secondary N) is 1. The van der Waals surface area contributed by atoms with Crippen molar-refractivity contribution in [2.45, 2.75) is 32.4 Å². The molecule has 1 rings (SSSR count). The van der Waals surface area contributed by atoms with E-state index in [0.29, 0.717) is 0 Å². The average molecular weight is 291 g/mol. The topological polar surface area (TPSA) is 75.6 Å². The largest absolute Gasteiger partial charge is 0.478 e. The molecule has 0 bridgehead atoms. The molecule has 1 aromatic rings. The van der Waals surface area contributed by atoms with Crippen molar-refractivity contribution in [1.29, 1.82) is 0 Å². The van der Waals surface area contributed by atoms with E-state index in [2.05, 4.69) is 5.32 Å². The van der Waals surface area contributed by atoms with Crippen molar-refractivity contribution in [3.05, 3.63) is 41.5 Å². The second-order valence-electron chi connectivity index (χ2n) is 5.25. The zero-order valence-corrected chi connectivity index (χ0v) is 12.7. The summed E-state index contributed by atoms with van der Waals surface area (Å²) in [6.07, 6.45) is 2.59. The summed E-state index contributed by atoms with van der Waals surface area (Å²) >= 11 is 0. The van der Waals surface area contributed by atoms with Gasteiger partial charge in [-0.05, 0) is 44.0 Å². The van der Waals surface area contributed by atoms with Crippen LogP contribution in [0.4, 0.5) is 0 Å². The third-order valence-electron chi connectivity index (χ3n) is 3.23. The highest BCUT2D eigenvalue weighted by atomic mass is 16.5. The second-order valence-corrected chi connectivity index (χ2v) is 5.25. The maximum atomic E-state index is 12.1. The number of carbonyl (C=O) groups excluding carboxylic acids is 1. The fourth-order valence-electron chi connectivity index (χ4n) is 1.65. The Bertz CT molecular complexity index is 549. The van der Waals surface area contributed by atoms with Crippen LogP contribution in [0.2, 0.25) is 0 Å². The van der Waals surface area contributed by atoms with Crippen molar-refractivity contribution in [2.24, 2.45) is 0 Å². The van der Waals surface area contributed by atoms with Crippen LogP contribution < -0.4 is 5.32 Å². The van der Waals surface area contributed by atoms with Crippen molar-refractivity contribution < 1.29 is 19.4 Å². The van der Waals surface area contributed by atoms with Gasteiger partial charge in [0.25, 0.3) is 5.91 Å². The van der Waals surface area contributed by atoms with Gasteiger partial charge in [-0.1, -0.05) is 18.2 Å². The summed E-state index contributed by atoms with van der Waals surface area (Å²) in [5.74, 6) is -1.20. The van der Waals surface area contributed by atoms with Gasteiger partial charge in [-0.25, -0.2) is 4.79 Å². The van der Waals surface area contributed by atoms with Crippen molar-refractivity contribution in [3.63, 3.8) is 0 Å². The molecule has 1 atom stereocenters. The van der Waals surface area contributed by atoms with Gasteiger partial charge in [0.15, 0.2) is 0 Å². The molecule has 2 N–H and O–H groups in total. The molecule has 0 saturated carbocycles. The van der Waals surface area contributed by atoms with Crippen LogP contribution in [0, 0.1) is 0 Å². The average Bonchev–Trinajstić information content (AvgIpc) is 2.45. The molecule has 0 radical (unpaired) electrons. The number of rotatable bonds is 6. The molecule has 1 unspecified atom stereocenters. The number of hydrogen-bond acceptors (Lipinski definition) is 3. The number of ether oxygens (including phenoxy) is 1. The number of hydrogen-bond donors (Lipinski definition) is 2. The fraction of sp³-hybridized carbons (Fsp3) is 0.375. The Morgan fingerprint density at radius 2 is 2.05 bits per heavy atom. The van der Waals surface area contributed by atoms with Gasteiger partial charge in [0.2, 0.25) is 0 Å². The molecule has 0 spiro atoms. The zero-order chi connectivity index (χ0) is 16.0. The van der Waals surface area contributed by atoms with Crippen molar-refractivity contribution in [2.75, 3.05) is 7.11 Å². The number of methoxy groups -OCH3 is 1. The van der Waals surface area contributed by atoms with Gasteiger partial charge < -0.3 is 15.2 Å². The van der Waals surface area contributed by atoms with Gasteiger partial charge in [0.05, 0.1) is 6.04 Å². The molecule has 0 aliphatic heterocycles. The first kappa shape index (κ1) is 16.9. The first-order valence-corrected chi connectivity index (χ1v) is 6.63. The van der Waals surface area contributed by atoms with E-state index in [9.17, 15) is 9.59 Å². The lowest BCUT2D eigenvalue weighted by Gasteiger charge is -2.24. The van der Waals surface area contributed by atoms with E-state index in [1.807, 2.05) is 25.1 Å². The molecule has 0 aliphatic rings. The minimum Gasteiger partial charge on any atom is -0.478 e. The summed E-state index contributed by atoms with van der Waals surface area (Å²) in [7, 11) is 1.49. The standard InChI is InChI=1S/C16H21NO4/c1-11(17-15(20)16(2,3)21-4)13-7-5-6-12(10-13)8-9-14(18)19/h5-11H,1-4H3,(H,17,20)(H,18,19)/b9-8+. The molecule has 0 aliphatic carbocycles. The predicted molar refractivity (Wildman–Crippen MR) is 80.8 cm³/mol. The number of aliphatic carboxylic acids is 1. The predicted octanol–water partition coefficient (Wildman–Crippen LogP) is 2.39. The molecular weight excluding hydrogens is 270 g/mol. The Hall–Kier alpha value is -2.14. The maximum Gasteiger partial charge on any atom is 0.328 e. The Morgan fingerprint density at radius 1 is 1.38 bits per heavy atom. The molecule has 5 heteroatoms. The highest BCUT2D eigenvalue weighted by Crippen LogP contribution is 2.17. The van der Waals surface area contributed by atoms with Gasteiger partial charge in [0.1, 0.15) is 5.60 Å². The molecule has 21 heavy (non-hydrogen) atoms. The minimum absolute atomic E-state index is 0.204. The first-order chi connectivity index (χ1) is 9.76. The Kier molecular flexibility index (Phi) is 5.67. The number of carboxylic acids is 1. The summed E-state index contributed by atoms with van der Waals surface area (Å²) in [5, 5.41) is 11.5. The van der Waals surface area contributed by atoms with E-state index < -0.39 is 11.6 Å². The van der Waals surface area contributed by atoms with Crippen molar-refractivity contribution in [3.8, 4) is 0 Å². The Balaban J connectivity index is 2.84. The molecule has 114 valence electrons. The van der Waals surface area contributed by atoms with E-state index >= 15 is 0 Å². The molecule has 0 fully saturated rings. The van der Waals surface area contributed by atoms with Gasteiger partial charge in [-0.3, -0.25) is 4.79 Å². The summed E-state index contributed by atoms with van der Waals surface area (Å²) in [5.41, 5.74) is 0.763. The van der Waals surface area contributed by atoms with Gasteiger partial charge in [-0.15, -0.1) is 0 Å². The van der Waals surface area contributed by atoms with Crippen molar-refractivity contribution >= 4 is 18.0 Å². The summed E-state index contributed by atoms with van der Waals surface area (Å²) in [4.78, 5) is 22.6. The zero-order valence-electron chi connectivity index (χ0n) is 12.7. The molecule has 0 saturated heterocycles.